The number of thiophene rings is 2. The summed E-state index contributed by atoms with van der Waals surface area (Å²) >= 11 is 3.42. The van der Waals surface area contributed by atoms with Gasteiger partial charge in [0.05, 0.1) is 19.3 Å². The quantitative estimate of drug-likeness (QED) is 0.560. The summed E-state index contributed by atoms with van der Waals surface area (Å²) in [7, 11) is 0. The molecule has 1 aliphatic heterocycles. The molecule has 0 spiro atoms. The Morgan fingerprint density at radius 1 is 1.10 bits per heavy atom. The number of morpholine rings is 1. The van der Waals surface area contributed by atoms with Gasteiger partial charge in [-0.2, -0.15) is 0 Å². The lowest BCUT2D eigenvalue weighted by Crippen LogP contribution is -2.43. The number of nitrogens with zero attached hydrogens (tertiary/aromatic N) is 1. The van der Waals surface area contributed by atoms with Crippen LogP contribution < -0.4 is 5.32 Å². The SMILES string of the molecule is O=C(/C=C/c1ccc(-c2ccccc2)s1)NCC(c1cccs1)N1CCOCC1. The zero-order valence-electron chi connectivity index (χ0n) is 16.1. The first kappa shape index (κ1) is 20.0. The Morgan fingerprint density at radius 3 is 2.69 bits per heavy atom. The van der Waals surface area contributed by atoms with Gasteiger partial charge in [-0.05, 0) is 35.2 Å². The van der Waals surface area contributed by atoms with Crippen molar-refractivity contribution in [3.05, 3.63) is 75.8 Å². The number of amides is 1. The van der Waals surface area contributed by atoms with E-state index in [0.29, 0.717) is 6.54 Å². The molecule has 1 atom stereocenters. The Hall–Kier alpha value is -2.25. The maximum absolute atomic E-state index is 12.4. The van der Waals surface area contributed by atoms with Gasteiger partial charge in [0.15, 0.2) is 0 Å². The highest BCUT2D eigenvalue weighted by molar-refractivity contribution is 7.16. The second-order valence-corrected chi connectivity index (χ2v) is 8.92. The van der Waals surface area contributed by atoms with Crippen molar-refractivity contribution in [2.45, 2.75) is 6.04 Å². The molecule has 150 valence electrons. The van der Waals surface area contributed by atoms with Crippen molar-refractivity contribution in [2.24, 2.45) is 0 Å². The first-order valence-corrected chi connectivity index (χ1v) is 11.5. The van der Waals surface area contributed by atoms with Gasteiger partial charge in [-0.15, -0.1) is 22.7 Å². The molecule has 1 saturated heterocycles. The normalized spacial score (nSPS) is 16.1. The molecule has 1 amide bonds. The Kier molecular flexibility index (Phi) is 6.90. The van der Waals surface area contributed by atoms with E-state index >= 15 is 0 Å². The van der Waals surface area contributed by atoms with Gasteiger partial charge in [-0.25, -0.2) is 0 Å². The van der Waals surface area contributed by atoms with Crippen LogP contribution in [0.15, 0.2) is 66.1 Å². The second-order valence-electron chi connectivity index (χ2n) is 6.83. The molecule has 0 bridgehead atoms. The van der Waals surface area contributed by atoms with Crippen LogP contribution in [0.2, 0.25) is 0 Å². The minimum atomic E-state index is -0.0607. The molecule has 3 heterocycles. The van der Waals surface area contributed by atoms with Crippen molar-refractivity contribution in [1.29, 1.82) is 0 Å². The van der Waals surface area contributed by atoms with Crippen LogP contribution in [0.1, 0.15) is 15.8 Å². The van der Waals surface area contributed by atoms with Crippen molar-refractivity contribution in [1.82, 2.24) is 10.2 Å². The largest absolute Gasteiger partial charge is 0.379 e. The fourth-order valence-electron chi connectivity index (χ4n) is 3.39. The second kappa shape index (κ2) is 9.98. The lowest BCUT2D eigenvalue weighted by Gasteiger charge is -2.34. The fourth-order valence-corrected chi connectivity index (χ4v) is 5.17. The van der Waals surface area contributed by atoms with Gasteiger partial charge < -0.3 is 10.1 Å². The molecule has 6 heteroatoms. The molecule has 2 aromatic heterocycles. The summed E-state index contributed by atoms with van der Waals surface area (Å²) in [6, 6.07) is 18.9. The third-order valence-corrected chi connectivity index (χ3v) is 6.98. The van der Waals surface area contributed by atoms with Crippen LogP contribution in [-0.2, 0) is 9.53 Å². The molecule has 4 nitrogen and oxygen atoms in total. The van der Waals surface area contributed by atoms with Crippen LogP contribution in [0.5, 0.6) is 0 Å². The summed E-state index contributed by atoms with van der Waals surface area (Å²) < 4.78 is 5.48. The predicted octanol–water partition coefficient (Wildman–Crippen LogP) is 4.68. The van der Waals surface area contributed by atoms with E-state index in [-0.39, 0.29) is 11.9 Å². The Morgan fingerprint density at radius 2 is 1.93 bits per heavy atom. The van der Waals surface area contributed by atoms with E-state index in [2.05, 4.69) is 52.0 Å². The molecule has 1 unspecified atom stereocenters. The van der Waals surface area contributed by atoms with Crippen molar-refractivity contribution < 1.29 is 9.53 Å². The number of ether oxygens (including phenoxy) is 1. The van der Waals surface area contributed by atoms with Crippen LogP contribution in [0.25, 0.3) is 16.5 Å². The maximum Gasteiger partial charge on any atom is 0.244 e. The average molecular weight is 425 g/mol. The summed E-state index contributed by atoms with van der Waals surface area (Å²) in [5.41, 5.74) is 1.20. The first-order chi connectivity index (χ1) is 14.3. The first-order valence-electron chi connectivity index (χ1n) is 9.76. The molecule has 1 aromatic carbocycles. The standard InChI is InChI=1S/C23H24N2O2S2/c26-23(11-9-19-8-10-21(29-19)18-5-2-1-3-6-18)24-17-20(22-7-4-16-28-22)25-12-14-27-15-13-25/h1-11,16,20H,12-15,17H2,(H,24,26)/b11-9+. The number of hydrogen-bond donors (Lipinski definition) is 1. The Bertz CT molecular complexity index is 929. The van der Waals surface area contributed by atoms with E-state index in [0.717, 1.165) is 31.2 Å². The van der Waals surface area contributed by atoms with Crippen LogP contribution in [0, 0.1) is 0 Å². The Balaban J connectivity index is 1.35. The van der Waals surface area contributed by atoms with E-state index in [1.54, 1.807) is 28.7 Å². The number of carbonyl (C=O) groups is 1. The lowest BCUT2D eigenvalue weighted by molar-refractivity contribution is -0.116. The van der Waals surface area contributed by atoms with Gasteiger partial charge in [-0.3, -0.25) is 9.69 Å². The van der Waals surface area contributed by atoms with Crippen molar-refractivity contribution >= 4 is 34.7 Å². The summed E-state index contributed by atoms with van der Waals surface area (Å²) in [6.07, 6.45) is 3.52. The molecule has 1 aliphatic rings. The van der Waals surface area contributed by atoms with E-state index in [4.69, 9.17) is 4.74 Å². The lowest BCUT2D eigenvalue weighted by atomic mass is 10.2. The predicted molar refractivity (Wildman–Crippen MR) is 121 cm³/mol. The number of benzene rings is 1. The fraction of sp³-hybridized carbons (Fsp3) is 0.261. The van der Waals surface area contributed by atoms with Crippen LogP contribution in [0.3, 0.4) is 0 Å². The van der Waals surface area contributed by atoms with Crippen molar-refractivity contribution in [2.75, 3.05) is 32.8 Å². The highest BCUT2D eigenvalue weighted by Crippen LogP contribution is 2.28. The summed E-state index contributed by atoms with van der Waals surface area (Å²) in [5, 5.41) is 5.17. The van der Waals surface area contributed by atoms with Crippen LogP contribution in [-0.4, -0.2) is 43.7 Å². The van der Waals surface area contributed by atoms with E-state index < -0.39 is 0 Å². The number of nitrogens with one attached hydrogen (secondary N) is 1. The summed E-state index contributed by atoms with van der Waals surface area (Å²) in [4.78, 5) is 18.4. The smallest absolute Gasteiger partial charge is 0.244 e. The van der Waals surface area contributed by atoms with E-state index in [1.165, 1.54) is 15.3 Å². The minimum absolute atomic E-state index is 0.0607. The maximum atomic E-state index is 12.4. The van der Waals surface area contributed by atoms with Crippen molar-refractivity contribution in [3.63, 3.8) is 0 Å². The molecular formula is C23H24N2O2S2. The van der Waals surface area contributed by atoms with E-state index in [9.17, 15) is 4.79 Å². The highest BCUT2D eigenvalue weighted by Gasteiger charge is 2.23. The van der Waals surface area contributed by atoms with Gasteiger partial charge in [0, 0.05) is 40.3 Å². The number of rotatable bonds is 7. The van der Waals surface area contributed by atoms with Crippen molar-refractivity contribution in [3.8, 4) is 10.4 Å². The van der Waals surface area contributed by atoms with Gasteiger partial charge in [0.25, 0.3) is 0 Å². The van der Waals surface area contributed by atoms with Gasteiger partial charge >= 0.3 is 0 Å². The zero-order valence-corrected chi connectivity index (χ0v) is 17.8. The van der Waals surface area contributed by atoms with Gasteiger partial charge in [0.1, 0.15) is 0 Å². The van der Waals surface area contributed by atoms with E-state index in [1.807, 2.05) is 24.3 Å². The molecule has 0 aliphatic carbocycles. The van der Waals surface area contributed by atoms with Gasteiger partial charge in [-0.1, -0.05) is 36.4 Å². The molecule has 1 N–H and O–H groups in total. The molecule has 29 heavy (non-hydrogen) atoms. The van der Waals surface area contributed by atoms with Crippen LogP contribution >= 0.6 is 22.7 Å². The van der Waals surface area contributed by atoms with Gasteiger partial charge in [0.2, 0.25) is 5.91 Å². The zero-order chi connectivity index (χ0) is 19.9. The molecule has 3 aromatic rings. The molecule has 1 fully saturated rings. The molecule has 0 radical (unpaired) electrons. The summed E-state index contributed by atoms with van der Waals surface area (Å²) in [6.45, 7) is 3.89. The Labute approximate surface area is 179 Å². The topological polar surface area (TPSA) is 41.6 Å². The highest BCUT2D eigenvalue weighted by atomic mass is 32.1. The molecular weight excluding hydrogens is 400 g/mol. The molecule has 4 rings (SSSR count). The average Bonchev–Trinajstić information content (AvgIpc) is 3.46. The number of carbonyl (C=O) groups excluding carboxylic acids is 1. The molecule has 0 saturated carbocycles. The third-order valence-electron chi connectivity index (χ3n) is 4.91. The number of hydrogen-bond acceptors (Lipinski definition) is 5. The monoisotopic (exact) mass is 424 g/mol. The van der Waals surface area contributed by atoms with Crippen LogP contribution in [0.4, 0.5) is 0 Å². The third kappa shape index (κ3) is 5.42. The minimum Gasteiger partial charge on any atom is -0.379 e. The summed E-state index contributed by atoms with van der Waals surface area (Å²) in [5.74, 6) is -0.0607.